The van der Waals surface area contributed by atoms with E-state index in [-0.39, 0.29) is 5.04 Å². The molecule has 2 aromatic carbocycles. The van der Waals surface area contributed by atoms with E-state index in [2.05, 4.69) is 81.4 Å². The van der Waals surface area contributed by atoms with Gasteiger partial charge in [0.2, 0.25) is 0 Å². The first kappa shape index (κ1) is 19.4. The number of unbranched alkanes of at least 4 members (excludes halogenated alkanes) is 1. The van der Waals surface area contributed by atoms with Gasteiger partial charge in [0.15, 0.2) is 0 Å². The van der Waals surface area contributed by atoms with E-state index in [1.165, 1.54) is 10.4 Å². The van der Waals surface area contributed by atoms with E-state index in [1.54, 1.807) is 6.08 Å². The van der Waals surface area contributed by atoms with Crippen LogP contribution >= 0.6 is 0 Å². The second-order valence-electron chi connectivity index (χ2n) is 7.22. The first-order chi connectivity index (χ1) is 12.0. The van der Waals surface area contributed by atoms with Crippen molar-refractivity contribution in [3.63, 3.8) is 0 Å². The van der Waals surface area contributed by atoms with E-state index in [0.717, 1.165) is 19.1 Å². The van der Waals surface area contributed by atoms with Crippen molar-refractivity contribution in [3.05, 3.63) is 72.8 Å². The van der Waals surface area contributed by atoms with Crippen LogP contribution in [0.1, 0.15) is 33.6 Å². The topological polar surface area (TPSA) is 26.3 Å². The van der Waals surface area contributed by atoms with Gasteiger partial charge in [0, 0.05) is 6.61 Å². The number of rotatable bonds is 8. The largest absolute Gasteiger partial charge is 0.407 e. The van der Waals surface area contributed by atoms with Gasteiger partial charge in [-0.3, -0.25) is 4.79 Å². The number of carbonyl (C=O) groups excluding carboxylic acids is 1. The minimum atomic E-state index is -2.41. The molecule has 0 N–H and O–H groups in total. The number of hydrogen-bond donors (Lipinski definition) is 0. The summed E-state index contributed by atoms with van der Waals surface area (Å²) >= 11 is 0. The van der Waals surface area contributed by atoms with Crippen molar-refractivity contribution in [1.29, 1.82) is 0 Å². The van der Waals surface area contributed by atoms with Crippen LogP contribution in [0.2, 0.25) is 5.04 Å². The van der Waals surface area contributed by atoms with E-state index in [0.29, 0.717) is 6.61 Å². The van der Waals surface area contributed by atoms with Crippen LogP contribution in [-0.4, -0.2) is 21.2 Å². The molecule has 0 aliphatic heterocycles. The Balaban J connectivity index is 2.39. The average molecular weight is 353 g/mol. The fraction of sp³-hybridized carbons (Fsp3) is 0.318. The van der Waals surface area contributed by atoms with Crippen LogP contribution < -0.4 is 10.4 Å². The predicted octanol–water partition coefficient (Wildman–Crippen LogP) is 4.10. The quantitative estimate of drug-likeness (QED) is 0.309. The molecule has 0 bridgehead atoms. The Hall–Kier alpha value is -1.97. The zero-order chi connectivity index (χ0) is 18.2. The van der Waals surface area contributed by atoms with Crippen LogP contribution in [0.15, 0.2) is 72.8 Å². The lowest BCUT2D eigenvalue weighted by molar-refractivity contribution is -0.104. The third kappa shape index (κ3) is 4.56. The summed E-state index contributed by atoms with van der Waals surface area (Å²) in [6.07, 6.45) is 6.05. The van der Waals surface area contributed by atoms with Gasteiger partial charge < -0.3 is 4.43 Å². The normalized spacial score (nSPS) is 12.4. The van der Waals surface area contributed by atoms with E-state index < -0.39 is 8.32 Å². The Labute approximate surface area is 152 Å². The zero-order valence-electron chi connectivity index (χ0n) is 15.4. The molecule has 25 heavy (non-hydrogen) atoms. The molecule has 0 radical (unpaired) electrons. The maximum absolute atomic E-state index is 10.4. The number of benzene rings is 2. The zero-order valence-corrected chi connectivity index (χ0v) is 16.4. The third-order valence-corrected chi connectivity index (χ3v) is 9.51. The van der Waals surface area contributed by atoms with Crippen LogP contribution in [-0.2, 0) is 9.22 Å². The highest BCUT2D eigenvalue weighted by molar-refractivity contribution is 6.99. The summed E-state index contributed by atoms with van der Waals surface area (Å²) in [4.78, 5) is 10.4. The van der Waals surface area contributed by atoms with Crippen LogP contribution in [0.25, 0.3) is 0 Å². The Morgan fingerprint density at radius 1 is 0.920 bits per heavy atom. The summed E-state index contributed by atoms with van der Waals surface area (Å²) in [5, 5.41) is 2.61. The molecule has 0 saturated heterocycles. The maximum Gasteiger partial charge on any atom is 0.261 e. The third-order valence-electron chi connectivity index (χ3n) is 4.47. The molecule has 2 aromatic rings. The van der Waals surface area contributed by atoms with Crippen molar-refractivity contribution >= 4 is 25.0 Å². The first-order valence-corrected chi connectivity index (χ1v) is 10.8. The molecule has 0 heterocycles. The lowest BCUT2D eigenvalue weighted by Crippen LogP contribution is -2.66. The molecule has 3 heteroatoms. The maximum atomic E-state index is 10.4. The molecule has 2 rings (SSSR count). The van der Waals surface area contributed by atoms with Gasteiger partial charge >= 0.3 is 0 Å². The Morgan fingerprint density at radius 2 is 1.44 bits per heavy atom. The number of aldehydes is 1. The number of allylic oxidation sites excluding steroid dienone is 2. The SMILES string of the molecule is CC(C)(C)[Si](OCCC/C=C/C=O)(c1ccccc1)c1ccccc1. The van der Waals surface area contributed by atoms with Crippen LogP contribution in [0.5, 0.6) is 0 Å². The van der Waals surface area contributed by atoms with Crippen molar-refractivity contribution in [2.75, 3.05) is 6.61 Å². The molecular weight excluding hydrogens is 324 g/mol. The average Bonchev–Trinajstić information content (AvgIpc) is 2.62. The fourth-order valence-electron chi connectivity index (χ4n) is 3.34. The molecule has 2 nitrogen and oxygen atoms in total. The van der Waals surface area contributed by atoms with Crippen molar-refractivity contribution < 1.29 is 9.22 Å². The summed E-state index contributed by atoms with van der Waals surface area (Å²) in [7, 11) is -2.41. The summed E-state index contributed by atoms with van der Waals surface area (Å²) in [6, 6.07) is 21.3. The molecule has 0 aliphatic carbocycles. The summed E-state index contributed by atoms with van der Waals surface area (Å²) < 4.78 is 6.76. The minimum Gasteiger partial charge on any atom is -0.407 e. The van der Waals surface area contributed by atoms with Crippen molar-refractivity contribution in [3.8, 4) is 0 Å². The second-order valence-corrected chi connectivity index (χ2v) is 11.5. The van der Waals surface area contributed by atoms with Crippen molar-refractivity contribution in [2.24, 2.45) is 0 Å². The molecule has 132 valence electrons. The minimum absolute atomic E-state index is 0.00828. The highest BCUT2D eigenvalue weighted by Crippen LogP contribution is 2.36. The fourth-order valence-corrected chi connectivity index (χ4v) is 7.95. The summed E-state index contributed by atoms with van der Waals surface area (Å²) in [5.74, 6) is 0. The lowest BCUT2D eigenvalue weighted by Gasteiger charge is -2.43. The highest BCUT2D eigenvalue weighted by atomic mass is 28.4. The Bertz CT molecular complexity index is 633. The molecular formula is C22H28O2Si. The highest BCUT2D eigenvalue weighted by Gasteiger charge is 2.49. The van der Waals surface area contributed by atoms with Crippen molar-refractivity contribution in [1.82, 2.24) is 0 Å². The predicted molar refractivity (Wildman–Crippen MR) is 108 cm³/mol. The monoisotopic (exact) mass is 352 g/mol. The van der Waals surface area contributed by atoms with E-state index >= 15 is 0 Å². The van der Waals surface area contributed by atoms with Gasteiger partial charge in [0.05, 0.1) is 0 Å². The number of hydrogen-bond acceptors (Lipinski definition) is 2. The molecule has 0 spiro atoms. The van der Waals surface area contributed by atoms with Gasteiger partial charge in [0.25, 0.3) is 8.32 Å². The smallest absolute Gasteiger partial charge is 0.261 e. The molecule has 0 unspecified atom stereocenters. The first-order valence-electron chi connectivity index (χ1n) is 8.87. The van der Waals surface area contributed by atoms with E-state index in [1.807, 2.05) is 6.08 Å². The summed E-state index contributed by atoms with van der Waals surface area (Å²) in [6.45, 7) is 7.54. The Morgan fingerprint density at radius 3 is 1.88 bits per heavy atom. The molecule has 0 atom stereocenters. The van der Waals surface area contributed by atoms with Crippen LogP contribution in [0.4, 0.5) is 0 Å². The van der Waals surface area contributed by atoms with Crippen molar-refractivity contribution in [2.45, 2.75) is 38.7 Å². The van der Waals surface area contributed by atoms with Crippen LogP contribution in [0.3, 0.4) is 0 Å². The molecule has 0 aromatic heterocycles. The van der Waals surface area contributed by atoms with Gasteiger partial charge in [-0.25, -0.2) is 0 Å². The van der Waals surface area contributed by atoms with Gasteiger partial charge in [-0.15, -0.1) is 0 Å². The van der Waals surface area contributed by atoms with E-state index in [4.69, 9.17) is 4.43 Å². The number of carbonyl (C=O) groups is 1. The lowest BCUT2D eigenvalue weighted by atomic mass is 10.2. The van der Waals surface area contributed by atoms with Gasteiger partial charge in [-0.1, -0.05) is 87.5 Å². The van der Waals surface area contributed by atoms with Gasteiger partial charge in [-0.05, 0) is 34.3 Å². The Kier molecular flexibility index (Phi) is 6.91. The van der Waals surface area contributed by atoms with Crippen LogP contribution in [0, 0.1) is 0 Å². The standard InChI is InChI=1S/C22H28O2Si/c1-22(2,3)25(20-14-8-6-9-15-20,21-16-10-7-11-17-21)24-19-13-5-4-12-18-23/h4,6-12,14-18H,5,13,19H2,1-3H3/b12-4+. The molecule has 0 saturated carbocycles. The molecule has 0 amide bonds. The van der Waals surface area contributed by atoms with Gasteiger partial charge in [-0.2, -0.15) is 0 Å². The van der Waals surface area contributed by atoms with E-state index in [9.17, 15) is 4.79 Å². The molecule has 0 fully saturated rings. The summed E-state index contributed by atoms with van der Waals surface area (Å²) in [5.41, 5.74) is 0. The van der Waals surface area contributed by atoms with Gasteiger partial charge in [0.1, 0.15) is 6.29 Å². The molecule has 0 aliphatic rings. The second kappa shape index (κ2) is 8.93.